The van der Waals surface area contributed by atoms with Crippen LogP contribution in [-0.2, 0) is 9.53 Å². The van der Waals surface area contributed by atoms with Gasteiger partial charge in [0.2, 0.25) is 0 Å². The van der Waals surface area contributed by atoms with Gasteiger partial charge in [-0.3, -0.25) is 4.79 Å². The van der Waals surface area contributed by atoms with Crippen LogP contribution >= 0.6 is 0 Å². The van der Waals surface area contributed by atoms with Gasteiger partial charge in [0, 0.05) is 6.92 Å². The van der Waals surface area contributed by atoms with Crippen LogP contribution in [0.4, 0.5) is 0 Å². The van der Waals surface area contributed by atoms with Gasteiger partial charge >= 0.3 is 5.97 Å². The summed E-state index contributed by atoms with van der Waals surface area (Å²) in [5.74, 6) is 0.443. The summed E-state index contributed by atoms with van der Waals surface area (Å²) in [5.41, 5.74) is 0.631. The molecule has 3 heteroatoms. The van der Waals surface area contributed by atoms with Crippen LogP contribution in [0.1, 0.15) is 46.5 Å². The number of esters is 1. The SMILES string of the molecule is C=C(CCCOC(C)=O)[C@H]1CC[C@](C)(O)[C@@H]1C. The van der Waals surface area contributed by atoms with E-state index in [1.54, 1.807) is 0 Å². The summed E-state index contributed by atoms with van der Waals surface area (Å²) in [6.07, 6.45) is 3.56. The highest BCUT2D eigenvalue weighted by Crippen LogP contribution is 2.43. The van der Waals surface area contributed by atoms with Crippen LogP contribution in [0.2, 0.25) is 0 Å². The van der Waals surface area contributed by atoms with Gasteiger partial charge in [-0.1, -0.05) is 19.1 Å². The molecular formula is C14H24O3. The maximum atomic E-state index is 10.6. The largest absolute Gasteiger partial charge is 0.466 e. The highest BCUT2D eigenvalue weighted by atomic mass is 16.5. The van der Waals surface area contributed by atoms with Gasteiger partial charge in [0.25, 0.3) is 0 Å². The molecular weight excluding hydrogens is 216 g/mol. The van der Waals surface area contributed by atoms with Crippen molar-refractivity contribution in [3.63, 3.8) is 0 Å². The first-order valence-corrected chi connectivity index (χ1v) is 6.38. The highest BCUT2D eigenvalue weighted by Gasteiger charge is 2.41. The number of aliphatic hydroxyl groups is 1. The van der Waals surface area contributed by atoms with Crippen molar-refractivity contribution in [1.82, 2.24) is 0 Å². The zero-order chi connectivity index (χ0) is 13.1. The van der Waals surface area contributed by atoms with E-state index >= 15 is 0 Å². The topological polar surface area (TPSA) is 46.5 Å². The minimum Gasteiger partial charge on any atom is -0.466 e. The van der Waals surface area contributed by atoms with E-state index in [9.17, 15) is 9.90 Å². The fraction of sp³-hybridized carbons (Fsp3) is 0.786. The third-order valence-corrected chi connectivity index (χ3v) is 4.02. The molecule has 0 unspecified atom stereocenters. The van der Waals surface area contributed by atoms with E-state index in [2.05, 4.69) is 13.5 Å². The maximum absolute atomic E-state index is 10.6. The lowest BCUT2D eigenvalue weighted by Gasteiger charge is -2.26. The zero-order valence-electron chi connectivity index (χ0n) is 11.2. The lowest BCUT2D eigenvalue weighted by atomic mass is 9.83. The Balaban J connectivity index is 2.32. The Morgan fingerprint density at radius 2 is 2.24 bits per heavy atom. The summed E-state index contributed by atoms with van der Waals surface area (Å²) >= 11 is 0. The molecule has 0 aromatic carbocycles. The van der Waals surface area contributed by atoms with E-state index in [1.165, 1.54) is 12.5 Å². The number of carbonyl (C=O) groups is 1. The first kappa shape index (κ1) is 14.2. The number of hydrogen-bond donors (Lipinski definition) is 1. The van der Waals surface area contributed by atoms with Gasteiger partial charge in [0.15, 0.2) is 0 Å². The van der Waals surface area contributed by atoms with Gasteiger partial charge in [-0.25, -0.2) is 0 Å². The van der Waals surface area contributed by atoms with Gasteiger partial charge in [-0.05, 0) is 44.4 Å². The molecule has 0 radical (unpaired) electrons. The molecule has 1 saturated carbocycles. The van der Waals surface area contributed by atoms with Crippen molar-refractivity contribution in [1.29, 1.82) is 0 Å². The molecule has 1 N–H and O–H groups in total. The number of carbonyl (C=O) groups excluding carboxylic acids is 1. The number of rotatable bonds is 5. The van der Waals surface area contributed by atoms with E-state index in [0.29, 0.717) is 12.5 Å². The van der Waals surface area contributed by atoms with E-state index in [0.717, 1.165) is 25.7 Å². The van der Waals surface area contributed by atoms with Crippen molar-refractivity contribution in [2.75, 3.05) is 6.61 Å². The summed E-state index contributed by atoms with van der Waals surface area (Å²) in [6, 6.07) is 0. The Labute approximate surface area is 104 Å². The maximum Gasteiger partial charge on any atom is 0.302 e. The third kappa shape index (κ3) is 3.84. The van der Waals surface area contributed by atoms with Crippen molar-refractivity contribution in [2.45, 2.75) is 52.1 Å². The molecule has 17 heavy (non-hydrogen) atoms. The van der Waals surface area contributed by atoms with Crippen molar-refractivity contribution in [2.24, 2.45) is 11.8 Å². The molecule has 3 atom stereocenters. The minimum absolute atomic E-state index is 0.229. The Bertz CT molecular complexity index is 294. The van der Waals surface area contributed by atoms with E-state index in [1.807, 2.05) is 6.92 Å². The van der Waals surface area contributed by atoms with Crippen molar-refractivity contribution in [3.8, 4) is 0 Å². The molecule has 1 aliphatic carbocycles. The van der Waals surface area contributed by atoms with Crippen LogP contribution in [0.3, 0.4) is 0 Å². The first-order chi connectivity index (χ1) is 7.84. The predicted octanol–water partition coefficient (Wildman–Crippen LogP) is 2.68. The van der Waals surface area contributed by atoms with Crippen LogP contribution < -0.4 is 0 Å². The predicted molar refractivity (Wildman–Crippen MR) is 67.5 cm³/mol. The van der Waals surface area contributed by atoms with Gasteiger partial charge in [0.1, 0.15) is 0 Å². The average molecular weight is 240 g/mol. The molecule has 0 amide bonds. The normalized spacial score (nSPS) is 32.5. The quantitative estimate of drug-likeness (QED) is 0.456. The van der Waals surface area contributed by atoms with E-state index < -0.39 is 5.60 Å². The number of allylic oxidation sites excluding steroid dienone is 1. The summed E-state index contributed by atoms with van der Waals surface area (Å²) in [6.45, 7) is 10.0. The van der Waals surface area contributed by atoms with Crippen LogP contribution in [-0.4, -0.2) is 23.3 Å². The van der Waals surface area contributed by atoms with Crippen LogP contribution in [0, 0.1) is 11.8 Å². The monoisotopic (exact) mass is 240 g/mol. The number of ether oxygens (including phenoxy) is 1. The molecule has 0 saturated heterocycles. The van der Waals surface area contributed by atoms with E-state index in [-0.39, 0.29) is 11.9 Å². The Morgan fingerprint density at radius 1 is 1.59 bits per heavy atom. The lowest BCUT2D eigenvalue weighted by molar-refractivity contribution is -0.141. The summed E-state index contributed by atoms with van der Waals surface area (Å²) in [4.78, 5) is 10.6. The molecule has 98 valence electrons. The van der Waals surface area contributed by atoms with Gasteiger partial charge < -0.3 is 9.84 Å². The average Bonchev–Trinajstić information content (AvgIpc) is 2.49. The lowest BCUT2D eigenvalue weighted by Crippen LogP contribution is -2.29. The second kappa shape index (κ2) is 5.67. The summed E-state index contributed by atoms with van der Waals surface area (Å²) in [7, 11) is 0. The van der Waals surface area contributed by atoms with Crippen LogP contribution in [0.5, 0.6) is 0 Å². The molecule has 1 aliphatic rings. The van der Waals surface area contributed by atoms with E-state index in [4.69, 9.17) is 4.74 Å². The number of hydrogen-bond acceptors (Lipinski definition) is 3. The molecule has 0 heterocycles. The van der Waals surface area contributed by atoms with Gasteiger partial charge in [-0.2, -0.15) is 0 Å². The van der Waals surface area contributed by atoms with Crippen molar-refractivity contribution in [3.05, 3.63) is 12.2 Å². The van der Waals surface area contributed by atoms with Gasteiger partial charge in [-0.15, -0.1) is 0 Å². The van der Waals surface area contributed by atoms with Crippen molar-refractivity contribution < 1.29 is 14.6 Å². The molecule has 3 nitrogen and oxygen atoms in total. The van der Waals surface area contributed by atoms with Crippen molar-refractivity contribution >= 4 is 5.97 Å². The molecule has 1 rings (SSSR count). The molecule has 0 aromatic heterocycles. The summed E-state index contributed by atoms with van der Waals surface area (Å²) in [5, 5.41) is 10.1. The first-order valence-electron chi connectivity index (χ1n) is 6.38. The Hall–Kier alpha value is -0.830. The van der Waals surface area contributed by atoms with Crippen LogP contribution in [0.15, 0.2) is 12.2 Å². The van der Waals surface area contributed by atoms with Crippen LogP contribution in [0.25, 0.3) is 0 Å². The zero-order valence-corrected chi connectivity index (χ0v) is 11.2. The second-order valence-corrected chi connectivity index (χ2v) is 5.39. The molecule has 0 aliphatic heterocycles. The Morgan fingerprint density at radius 3 is 2.71 bits per heavy atom. The molecule has 1 fully saturated rings. The second-order valence-electron chi connectivity index (χ2n) is 5.39. The Kier molecular flexibility index (Phi) is 4.75. The molecule has 0 aromatic rings. The molecule has 0 spiro atoms. The standard InChI is InChI=1S/C14H24O3/c1-10(6-5-9-17-12(3)15)13-7-8-14(4,16)11(13)2/h11,13,16H,1,5-9H2,2-4H3/t11-,13-,14+/m1/s1. The third-order valence-electron chi connectivity index (χ3n) is 4.02. The minimum atomic E-state index is -0.552. The summed E-state index contributed by atoms with van der Waals surface area (Å²) < 4.78 is 4.89. The van der Waals surface area contributed by atoms with Gasteiger partial charge in [0.05, 0.1) is 12.2 Å². The fourth-order valence-electron chi connectivity index (χ4n) is 2.62. The smallest absolute Gasteiger partial charge is 0.302 e. The fourth-order valence-corrected chi connectivity index (χ4v) is 2.62. The highest BCUT2D eigenvalue weighted by molar-refractivity contribution is 5.65. The molecule has 0 bridgehead atoms.